The van der Waals surface area contributed by atoms with Crippen molar-refractivity contribution in [2.75, 3.05) is 13.6 Å². The highest BCUT2D eigenvalue weighted by Crippen LogP contribution is 2.18. The van der Waals surface area contributed by atoms with Crippen LogP contribution in [-0.2, 0) is 11.3 Å². The lowest BCUT2D eigenvalue weighted by Gasteiger charge is -2.18. The fourth-order valence-corrected chi connectivity index (χ4v) is 2.06. The SMILES string of the molecule is Cc1ccc(C)c(CN(C)CC(=O)NC2CC2)c1. The van der Waals surface area contributed by atoms with Crippen molar-refractivity contribution >= 4 is 5.91 Å². The largest absolute Gasteiger partial charge is 0.352 e. The van der Waals surface area contributed by atoms with Gasteiger partial charge in [-0.2, -0.15) is 0 Å². The van der Waals surface area contributed by atoms with Crippen molar-refractivity contribution in [3.8, 4) is 0 Å². The number of benzene rings is 1. The van der Waals surface area contributed by atoms with Gasteiger partial charge in [0.25, 0.3) is 0 Å². The first kappa shape index (κ1) is 13.1. The second kappa shape index (κ2) is 5.53. The highest BCUT2D eigenvalue weighted by molar-refractivity contribution is 5.78. The first-order valence-electron chi connectivity index (χ1n) is 6.58. The molecule has 0 bridgehead atoms. The molecular formula is C15H22N2O. The van der Waals surface area contributed by atoms with E-state index < -0.39 is 0 Å². The molecule has 0 aliphatic heterocycles. The van der Waals surface area contributed by atoms with E-state index in [1.165, 1.54) is 16.7 Å². The number of carbonyl (C=O) groups is 1. The Kier molecular flexibility index (Phi) is 4.02. The Morgan fingerprint density at radius 3 is 2.78 bits per heavy atom. The fourth-order valence-electron chi connectivity index (χ4n) is 2.06. The molecule has 1 aromatic carbocycles. The molecule has 0 aromatic heterocycles. The number of nitrogens with zero attached hydrogens (tertiary/aromatic N) is 1. The molecule has 0 unspecified atom stereocenters. The fraction of sp³-hybridized carbons (Fsp3) is 0.533. The molecule has 1 N–H and O–H groups in total. The third-order valence-corrected chi connectivity index (χ3v) is 3.30. The molecule has 3 nitrogen and oxygen atoms in total. The van der Waals surface area contributed by atoms with E-state index >= 15 is 0 Å². The van der Waals surface area contributed by atoms with Crippen molar-refractivity contribution in [2.24, 2.45) is 0 Å². The van der Waals surface area contributed by atoms with Crippen LogP contribution in [0, 0.1) is 13.8 Å². The average Bonchev–Trinajstić information content (AvgIpc) is 3.07. The number of hydrogen-bond acceptors (Lipinski definition) is 2. The number of likely N-dealkylation sites (N-methyl/N-ethyl adjacent to an activating group) is 1. The zero-order valence-corrected chi connectivity index (χ0v) is 11.5. The molecule has 1 aliphatic rings. The van der Waals surface area contributed by atoms with Crippen LogP contribution in [-0.4, -0.2) is 30.4 Å². The van der Waals surface area contributed by atoms with Crippen LogP contribution in [0.1, 0.15) is 29.5 Å². The van der Waals surface area contributed by atoms with Gasteiger partial charge in [0, 0.05) is 12.6 Å². The van der Waals surface area contributed by atoms with E-state index in [9.17, 15) is 4.79 Å². The maximum atomic E-state index is 11.7. The molecule has 2 rings (SSSR count). The van der Waals surface area contributed by atoms with Crippen molar-refractivity contribution in [3.05, 3.63) is 34.9 Å². The lowest BCUT2D eigenvalue weighted by molar-refractivity contribution is -0.122. The molecule has 0 radical (unpaired) electrons. The first-order valence-corrected chi connectivity index (χ1v) is 6.58. The topological polar surface area (TPSA) is 32.3 Å². The Balaban J connectivity index is 1.87. The van der Waals surface area contributed by atoms with Gasteiger partial charge in [-0.1, -0.05) is 23.8 Å². The summed E-state index contributed by atoms with van der Waals surface area (Å²) in [4.78, 5) is 13.8. The summed E-state index contributed by atoms with van der Waals surface area (Å²) in [5.41, 5.74) is 3.86. The molecule has 1 aromatic rings. The van der Waals surface area contributed by atoms with Crippen molar-refractivity contribution in [2.45, 2.75) is 39.3 Å². The van der Waals surface area contributed by atoms with Crippen LogP contribution >= 0.6 is 0 Å². The normalized spacial score (nSPS) is 14.9. The van der Waals surface area contributed by atoms with Crippen LogP contribution < -0.4 is 5.32 Å². The Morgan fingerprint density at radius 2 is 2.11 bits per heavy atom. The van der Waals surface area contributed by atoms with Gasteiger partial charge in [0.1, 0.15) is 0 Å². The molecule has 3 heteroatoms. The smallest absolute Gasteiger partial charge is 0.234 e. The Bertz CT molecular complexity index is 438. The average molecular weight is 246 g/mol. The van der Waals surface area contributed by atoms with Gasteiger partial charge in [-0.05, 0) is 44.9 Å². The van der Waals surface area contributed by atoms with Gasteiger partial charge >= 0.3 is 0 Å². The second-order valence-electron chi connectivity index (χ2n) is 5.44. The van der Waals surface area contributed by atoms with Gasteiger partial charge in [-0.3, -0.25) is 9.69 Å². The molecule has 0 spiro atoms. The number of hydrogen-bond donors (Lipinski definition) is 1. The van der Waals surface area contributed by atoms with Crippen LogP contribution in [0.5, 0.6) is 0 Å². The quantitative estimate of drug-likeness (QED) is 0.862. The van der Waals surface area contributed by atoms with E-state index in [-0.39, 0.29) is 5.91 Å². The van der Waals surface area contributed by atoms with Gasteiger partial charge in [0.2, 0.25) is 5.91 Å². The van der Waals surface area contributed by atoms with E-state index in [1.54, 1.807) is 0 Å². The minimum Gasteiger partial charge on any atom is -0.352 e. The molecule has 0 heterocycles. The minimum absolute atomic E-state index is 0.144. The highest BCUT2D eigenvalue weighted by Gasteiger charge is 2.23. The molecule has 1 aliphatic carbocycles. The maximum absolute atomic E-state index is 11.7. The van der Waals surface area contributed by atoms with Crippen LogP contribution in [0.25, 0.3) is 0 Å². The summed E-state index contributed by atoms with van der Waals surface area (Å²) in [5.74, 6) is 0.144. The van der Waals surface area contributed by atoms with Gasteiger partial charge in [-0.15, -0.1) is 0 Å². The van der Waals surface area contributed by atoms with E-state index in [0.717, 1.165) is 19.4 Å². The number of amides is 1. The van der Waals surface area contributed by atoms with Gasteiger partial charge in [0.15, 0.2) is 0 Å². The molecule has 1 fully saturated rings. The predicted octanol–water partition coefficient (Wildman–Crippen LogP) is 2.01. The Labute approximate surface area is 109 Å². The lowest BCUT2D eigenvalue weighted by atomic mass is 10.1. The number of aryl methyl sites for hydroxylation is 2. The lowest BCUT2D eigenvalue weighted by Crippen LogP contribution is -2.36. The van der Waals surface area contributed by atoms with Crippen molar-refractivity contribution in [1.29, 1.82) is 0 Å². The van der Waals surface area contributed by atoms with Crippen LogP contribution in [0.3, 0.4) is 0 Å². The van der Waals surface area contributed by atoms with Crippen LogP contribution in [0.15, 0.2) is 18.2 Å². The van der Waals surface area contributed by atoms with Gasteiger partial charge < -0.3 is 5.32 Å². The number of nitrogens with one attached hydrogen (secondary N) is 1. The summed E-state index contributed by atoms with van der Waals surface area (Å²) < 4.78 is 0. The van der Waals surface area contributed by atoms with Gasteiger partial charge in [-0.25, -0.2) is 0 Å². The molecule has 0 saturated heterocycles. The third kappa shape index (κ3) is 3.84. The van der Waals surface area contributed by atoms with E-state index in [1.807, 2.05) is 7.05 Å². The summed E-state index contributed by atoms with van der Waals surface area (Å²) >= 11 is 0. The highest BCUT2D eigenvalue weighted by atomic mass is 16.2. The van der Waals surface area contributed by atoms with Gasteiger partial charge in [0.05, 0.1) is 6.54 Å². The standard InChI is InChI=1S/C15H22N2O/c1-11-4-5-12(2)13(8-11)9-17(3)10-15(18)16-14-6-7-14/h4-5,8,14H,6-7,9-10H2,1-3H3,(H,16,18). The third-order valence-electron chi connectivity index (χ3n) is 3.30. The van der Waals surface area contributed by atoms with Crippen molar-refractivity contribution in [3.63, 3.8) is 0 Å². The maximum Gasteiger partial charge on any atom is 0.234 e. The molecule has 98 valence electrons. The first-order chi connectivity index (χ1) is 8.54. The molecule has 1 amide bonds. The molecule has 1 saturated carbocycles. The predicted molar refractivity (Wildman–Crippen MR) is 73.4 cm³/mol. The van der Waals surface area contributed by atoms with Crippen molar-refractivity contribution in [1.82, 2.24) is 10.2 Å². The zero-order chi connectivity index (χ0) is 13.1. The van der Waals surface area contributed by atoms with Crippen LogP contribution in [0.4, 0.5) is 0 Å². The molecule has 18 heavy (non-hydrogen) atoms. The Morgan fingerprint density at radius 1 is 1.39 bits per heavy atom. The van der Waals surface area contributed by atoms with E-state index in [0.29, 0.717) is 12.6 Å². The minimum atomic E-state index is 0.144. The monoisotopic (exact) mass is 246 g/mol. The van der Waals surface area contributed by atoms with Crippen LogP contribution in [0.2, 0.25) is 0 Å². The second-order valence-corrected chi connectivity index (χ2v) is 5.44. The zero-order valence-electron chi connectivity index (χ0n) is 11.5. The summed E-state index contributed by atoms with van der Waals surface area (Å²) in [7, 11) is 1.99. The summed E-state index contributed by atoms with van der Waals surface area (Å²) in [6, 6.07) is 6.91. The number of rotatable bonds is 5. The Hall–Kier alpha value is -1.35. The number of carbonyl (C=O) groups excluding carboxylic acids is 1. The summed E-state index contributed by atoms with van der Waals surface area (Å²) in [5, 5.41) is 3.02. The molecule has 0 atom stereocenters. The van der Waals surface area contributed by atoms with E-state index in [2.05, 4.69) is 42.3 Å². The summed E-state index contributed by atoms with van der Waals surface area (Å²) in [6.07, 6.45) is 2.29. The molecular weight excluding hydrogens is 224 g/mol. The summed E-state index contributed by atoms with van der Waals surface area (Å²) in [6.45, 7) is 5.52. The van der Waals surface area contributed by atoms with E-state index in [4.69, 9.17) is 0 Å². The van der Waals surface area contributed by atoms with Crippen molar-refractivity contribution < 1.29 is 4.79 Å².